The molecule has 5 heterocycles. The number of fused-ring (bicyclic) bond motifs is 2. The van der Waals surface area contributed by atoms with Gasteiger partial charge in [0.1, 0.15) is 29.1 Å². The number of ether oxygens (including phenoxy) is 2. The van der Waals surface area contributed by atoms with Crippen molar-refractivity contribution >= 4 is 59.3 Å². The Balaban J connectivity index is 1.30. The van der Waals surface area contributed by atoms with Gasteiger partial charge in [-0.15, -0.1) is 0 Å². The lowest BCUT2D eigenvalue weighted by Gasteiger charge is -2.35. The van der Waals surface area contributed by atoms with Crippen molar-refractivity contribution in [3.05, 3.63) is 48.9 Å². The van der Waals surface area contributed by atoms with Gasteiger partial charge in [0.2, 0.25) is 5.95 Å². The molecular weight excluding hydrogens is 660 g/mol. The highest BCUT2D eigenvalue weighted by Crippen LogP contribution is 2.42. The molecule has 17 heteroatoms. The minimum absolute atomic E-state index is 0.00742. The first-order valence-corrected chi connectivity index (χ1v) is 16.4. The van der Waals surface area contributed by atoms with Gasteiger partial charge in [0, 0.05) is 75.5 Å². The zero-order valence-corrected chi connectivity index (χ0v) is 27.9. The number of rotatable bonds is 9. The molecule has 1 saturated heterocycles. The number of H-pyrrole nitrogens is 1. The molecule has 0 radical (unpaired) electrons. The lowest BCUT2D eigenvalue weighted by atomic mass is 10.0. The molecule has 0 saturated carbocycles. The number of aromatic nitrogens is 5. The Morgan fingerprint density at radius 2 is 1.82 bits per heavy atom. The highest BCUT2D eigenvalue weighted by Gasteiger charge is 2.30. The molecule has 2 aliphatic rings. The number of halogens is 3. The maximum absolute atomic E-state index is 13.5. The fourth-order valence-corrected chi connectivity index (χ4v) is 6.48. The summed E-state index contributed by atoms with van der Waals surface area (Å²) in [6.07, 6.45) is 0.710. The van der Waals surface area contributed by atoms with Crippen LogP contribution in [0.2, 0.25) is 0 Å². The van der Waals surface area contributed by atoms with Crippen LogP contribution in [0.15, 0.2) is 48.9 Å². The molecule has 0 spiro atoms. The van der Waals surface area contributed by atoms with Crippen LogP contribution in [-0.2, 0) is 11.6 Å². The molecule has 0 amide bonds. The molecule has 3 N–H and O–H groups in total. The lowest BCUT2D eigenvalue weighted by Crippen LogP contribution is -2.44. The van der Waals surface area contributed by atoms with E-state index in [4.69, 9.17) is 14.5 Å². The minimum Gasteiger partial charge on any atom is -0.488 e. The molecule has 49 heavy (non-hydrogen) atoms. The van der Waals surface area contributed by atoms with Crippen molar-refractivity contribution in [2.75, 3.05) is 80.5 Å². The third-order valence-corrected chi connectivity index (χ3v) is 9.18. The van der Waals surface area contributed by atoms with Crippen LogP contribution in [0, 0.1) is 0 Å². The summed E-state index contributed by atoms with van der Waals surface area (Å²) in [7, 11) is 5.53. The molecule has 1 fully saturated rings. The number of aryl methyl sites for hydroxylation is 1. The Kier molecular flexibility index (Phi) is 8.67. The number of alkyl halides is 3. The van der Waals surface area contributed by atoms with Gasteiger partial charge in [-0.1, -0.05) is 0 Å². The van der Waals surface area contributed by atoms with Crippen LogP contribution in [0.4, 0.5) is 47.7 Å². The number of nitrogens with one attached hydrogen (secondary N) is 3. The average molecular weight is 695 g/mol. The van der Waals surface area contributed by atoms with Gasteiger partial charge in [0.25, 0.3) is 0 Å². The standard InChI is InChI=1S/C32H34F3N10O3P/c1-42-8-10-45(11-9-42)25-15-26(48-18-32(33,34)35)23(14-21(25)19-16-37-44(3)17-19)39-31-40-29-20(6-7-36-29)30(41-31)38-22-4-5-24-27(28(22)49-46)47-13-12-43(24)2/h4-7,14-17H,8-13,18H2,1-3H3,(H3,36,38,39,40,41). The van der Waals surface area contributed by atoms with Crippen LogP contribution in [0.25, 0.3) is 22.2 Å². The van der Waals surface area contributed by atoms with Crippen molar-refractivity contribution in [3.63, 3.8) is 0 Å². The highest BCUT2D eigenvalue weighted by atomic mass is 31.1. The largest absolute Gasteiger partial charge is 0.488 e. The van der Waals surface area contributed by atoms with Crippen LogP contribution >= 0.6 is 8.46 Å². The zero-order valence-electron chi connectivity index (χ0n) is 27.0. The van der Waals surface area contributed by atoms with Gasteiger partial charge < -0.3 is 39.8 Å². The molecule has 0 unspecified atom stereocenters. The number of likely N-dealkylation sites (N-methyl/N-ethyl adjacent to an activating group) is 2. The second-order valence-electron chi connectivity index (χ2n) is 12.0. The van der Waals surface area contributed by atoms with Gasteiger partial charge in [0.05, 0.1) is 35.2 Å². The minimum atomic E-state index is -4.56. The van der Waals surface area contributed by atoms with Gasteiger partial charge in [-0.3, -0.25) is 9.25 Å². The van der Waals surface area contributed by atoms with E-state index < -0.39 is 12.8 Å². The number of anilines is 6. The molecule has 0 atom stereocenters. The monoisotopic (exact) mass is 694 g/mol. The third kappa shape index (κ3) is 6.78. The molecule has 7 rings (SSSR count). The smallest absolute Gasteiger partial charge is 0.422 e. The fraction of sp³-hybridized carbons (Fsp3) is 0.344. The normalized spacial score (nSPS) is 15.4. The van der Waals surface area contributed by atoms with Gasteiger partial charge in [0.15, 0.2) is 20.8 Å². The van der Waals surface area contributed by atoms with Crippen LogP contribution in [0.1, 0.15) is 0 Å². The van der Waals surface area contributed by atoms with E-state index in [1.54, 1.807) is 48.4 Å². The fourth-order valence-electron chi connectivity index (χ4n) is 5.99. The van der Waals surface area contributed by atoms with Gasteiger partial charge in [-0.25, -0.2) is 0 Å². The first-order valence-electron chi connectivity index (χ1n) is 15.6. The van der Waals surface area contributed by atoms with Crippen LogP contribution in [0.3, 0.4) is 0 Å². The molecule has 13 nitrogen and oxygen atoms in total. The summed E-state index contributed by atoms with van der Waals surface area (Å²) in [6.45, 7) is 2.64. The number of hydrogen-bond acceptors (Lipinski definition) is 11. The Bertz CT molecular complexity index is 2010. The quantitative estimate of drug-likeness (QED) is 0.174. The van der Waals surface area contributed by atoms with E-state index in [0.29, 0.717) is 59.8 Å². The Morgan fingerprint density at radius 1 is 1.00 bits per heavy atom. The Labute approximate surface area is 281 Å². The summed E-state index contributed by atoms with van der Waals surface area (Å²) in [6, 6.07) is 8.86. The van der Waals surface area contributed by atoms with Crippen molar-refractivity contribution < 1.29 is 27.2 Å². The number of benzene rings is 2. The maximum atomic E-state index is 13.5. The van der Waals surface area contributed by atoms with E-state index >= 15 is 0 Å². The van der Waals surface area contributed by atoms with Crippen molar-refractivity contribution in [3.8, 4) is 22.6 Å². The van der Waals surface area contributed by atoms with E-state index in [-0.39, 0.29) is 25.8 Å². The topological polar surface area (TPSA) is 129 Å². The predicted octanol–water partition coefficient (Wildman–Crippen LogP) is 5.28. The van der Waals surface area contributed by atoms with Crippen molar-refractivity contribution in [2.24, 2.45) is 7.05 Å². The highest BCUT2D eigenvalue weighted by molar-refractivity contribution is 7.35. The zero-order chi connectivity index (χ0) is 34.3. The Hall–Kier alpha value is -5.08. The molecular formula is C32H34F3N10O3P. The number of hydrogen-bond donors (Lipinski definition) is 3. The maximum Gasteiger partial charge on any atom is 0.422 e. The average Bonchev–Trinajstić information content (AvgIpc) is 3.73. The number of piperazine rings is 1. The summed E-state index contributed by atoms with van der Waals surface area (Å²) in [5, 5.41) is 11.8. The summed E-state index contributed by atoms with van der Waals surface area (Å²) in [5.41, 5.74) is 4.32. The van der Waals surface area contributed by atoms with Crippen molar-refractivity contribution in [1.29, 1.82) is 0 Å². The molecule has 2 aliphatic heterocycles. The number of aromatic amines is 1. The summed E-state index contributed by atoms with van der Waals surface area (Å²) < 4.78 is 65.9. The Morgan fingerprint density at radius 3 is 2.55 bits per heavy atom. The molecule has 3 aromatic heterocycles. The van der Waals surface area contributed by atoms with E-state index in [9.17, 15) is 17.7 Å². The first-order chi connectivity index (χ1) is 23.6. The third-order valence-electron chi connectivity index (χ3n) is 8.55. The first kappa shape index (κ1) is 32.5. The van der Waals surface area contributed by atoms with Crippen molar-refractivity contribution in [2.45, 2.75) is 6.18 Å². The molecule has 256 valence electrons. The summed E-state index contributed by atoms with van der Waals surface area (Å²) in [4.78, 5) is 18.8. The molecule has 2 aromatic carbocycles. The SMILES string of the molecule is CN1CCN(c2cc(OCC(F)(F)F)c(Nc3nc(Nc4ccc5c(c4P=O)OCCN5C)c4cc[nH]c4n3)cc2-c2cnn(C)c2)CC1. The molecule has 0 aliphatic carbocycles. The number of nitrogens with zero attached hydrogens (tertiary/aromatic N) is 7. The second kappa shape index (κ2) is 13.1. The van der Waals surface area contributed by atoms with E-state index in [1.165, 1.54) is 0 Å². The van der Waals surface area contributed by atoms with Crippen LogP contribution < -0.4 is 35.2 Å². The van der Waals surface area contributed by atoms with Crippen LogP contribution in [0.5, 0.6) is 11.5 Å². The van der Waals surface area contributed by atoms with Crippen LogP contribution in [-0.4, -0.2) is 95.8 Å². The van der Waals surface area contributed by atoms with Gasteiger partial charge >= 0.3 is 6.18 Å². The molecule has 0 bridgehead atoms. The predicted molar refractivity (Wildman–Crippen MR) is 183 cm³/mol. The van der Waals surface area contributed by atoms with Gasteiger partial charge in [-0.2, -0.15) is 28.2 Å². The summed E-state index contributed by atoms with van der Waals surface area (Å²) in [5.74, 6) is 0.978. The second-order valence-corrected chi connectivity index (χ2v) is 12.6. The summed E-state index contributed by atoms with van der Waals surface area (Å²) >= 11 is 0. The lowest BCUT2D eigenvalue weighted by molar-refractivity contribution is -0.153. The van der Waals surface area contributed by atoms with E-state index in [0.717, 1.165) is 35.6 Å². The van der Waals surface area contributed by atoms with E-state index in [2.05, 4.69) is 35.5 Å². The van der Waals surface area contributed by atoms with Crippen molar-refractivity contribution in [1.82, 2.24) is 29.6 Å². The van der Waals surface area contributed by atoms with E-state index in [1.807, 2.05) is 31.3 Å². The van der Waals surface area contributed by atoms with Gasteiger partial charge in [-0.05, 0) is 31.3 Å². The molecule has 5 aromatic rings.